The Morgan fingerprint density at radius 1 is 1.18 bits per heavy atom. The van der Waals surface area contributed by atoms with Gasteiger partial charge < -0.3 is 4.48 Å². The van der Waals surface area contributed by atoms with Crippen LogP contribution in [0.5, 0.6) is 0 Å². The van der Waals surface area contributed by atoms with Crippen molar-refractivity contribution < 1.29 is 0 Å². The zero-order valence-electron chi connectivity index (χ0n) is 6.07. The third-order valence-electron chi connectivity index (χ3n) is 1.79. The summed E-state index contributed by atoms with van der Waals surface area (Å²) in [5, 5.41) is 1.22. The van der Waals surface area contributed by atoms with Crippen molar-refractivity contribution in [3.05, 3.63) is 36.5 Å². The van der Waals surface area contributed by atoms with E-state index < -0.39 is 0 Å². The van der Waals surface area contributed by atoms with Gasteiger partial charge in [-0.3, -0.25) is 0 Å². The van der Waals surface area contributed by atoms with Crippen LogP contribution in [0.15, 0.2) is 36.5 Å². The zero-order chi connectivity index (χ0) is 7.68. The Kier molecular flexibility index (Phi) is 1.50. The number of benzene rings is 1. The maximum atomic E-state index is 5.40. The Morgan fingerprint density at radius 2 is 2.00 bits per heavy atom. The van der Waals surface area contributed by atoms with E-state index in [0.717, 1.165) is 5.52 Å². The molecule has 1 heterocycles. The first-order valence-corrected chi connectivity index (χ1v) is 3.52. The number of rotatable bonds is 1. The summed E-state index contributed by atoms with van der Waals surface area (Å²) in [5.74, 6) is 0. The summed E-state index contributed by atoms with van der Waals surface area (Å²) in [6.45, 7) is 0. The molecule has 0 unspecified atom stereocenters. The van der Waals surface area contributed by atoms with Gasteiger partial charge in [-0.1, -0.05) is 18.2 Å². The van der Waals surface area contributed by atoms with Crippen LogP contribution in [0.25, 0.3) is 10.9 Å². The molecule has 2 aromatic rings. The van der Waals surface area contributed by atoms with Crippen molar-refractivity contribution in [3.8, 4) is 0 Å². The minimum Gasteiger partial charge on any atom is -0.407 e. The van der Waals surface area contributed by atoms with Crippen LogP contribution >= 0.6 is 0 Å². The molecule has 2 rings (SSSR count). The Balaban J connectivity index is 2.76. The third-order valence-corrected chi connectivity index (χ3v) is 1.79. The predicted octanol–water partition coefficient (Wildman–Crippen LogP) is 1.19. The van der Waals surface area contributed by atoms with Crippen LogP contribution in [-0.4, -0.2) is 19.5 Å². The van der Waals surface area contributed by atoms with Crippen molar-refractivity contribution >= 4 is 25.9 Å². The lowest BCUT2D eigenvalue weighted by molar-refractivity contribution is 1.31. The lowest BCUT2D eigenvalue weighted by Gasteiger charge is -1.97. The third kappa shape index (κ3) is 0.967. The standard InChI is InChI=1S/C8H6B2N/c9-10-11-6-5-7-3-1-2-4-8(7)11/h1-6H. The van der Waals surface area contributed by atoms with Gasteiger partial charge in [0.25, 0.3) is 0 Å². The maximum absolute atomic E-state index is 5.40. The van der Waals surface area contributed by atoms with E-state index in [4.69, 9.17) is 7.74 Å². The van der Waals surface area contributed by atoms with Gasteiger partial charge in [0.1, 0.15) is 0 Å². The second-order valence-electron chi connectivity index (χ2n) is 2.43. The van der Waals surface area contributed by atoms with Gasteiger partial charge in [-0.25, -0.2) is 0 Å². The average molecular weight is 138 g/mol. The fourth-order valence-corrected chi connectivity index (χ4v) is 1.23. The van der Waals surface area contributed by atoms with E-state index in [1.807, 2.05) is 34.9 Å². The Hall–Kier alpha value is -1.11. The molecule has 0 aliphatic heterocycles. The average Bonchev–Trinajstić information content (AvgIpc) is 2.47. The van der Waals surface area contributed by atoms with Crippen LogP contribution in [0.3, 0.4) is 0 Å². The Labute approximate surface area is 67.7 Å². The molecule has 49 valence electrons. The SMILES string of the molecule is [B][B]n1ccc2ccccc21. The van der Waals surface area contributed by atoms with E-state index in [-0.39, 0.29) is 0 Å². The largest absolute Gasteiger partial charge is 0.407 e. The lowest BCUT2D eigenvalue weighted by atomic mass is 9.67. The highest BCUT2D eigenvalue weighted by Crippen LogP contribution is 2.12. The van der Waals surface area contributed by atoms with Gasteiger partial charge in [-0.15, -0.1) is 0 Å². The highest BCUT2D eigenvalue weighted by Gasteiger charge is 1.95. The van der Waals surface area contributed by atoms with Gasteiger partial charge in [0.05, 0.1) is 0 Å². The first-order valence-electron chi connectivity index (χ1n) is 3.52. The number of hydrogen-bond donors (Lipinski definition) is 0. The number of hydrogen-bond acceptors (Lipinski definition) is 0. The Bertz CT molecular complexity index is 367. The van der Waals surface area contributed by atoms with Crippen LogP contribution in [0, 0.1) is 0 Å². The number of aromatic nitrogens is 1. The first kappa shape index (κ1) is 6.59. The van der Waals surface area contributed by atoms with Gasteiger partial charge in [0.15, 0.2) is 7.31 Å². The molecule has 1 aromatic carbocycles. The molecule has 0 saturated heterocycles. The summed E-state index contributed by atoms with van der Waals surface area (Å²) in [4.78, 5) is 0. The van der Waals surface area contributed by atoms with E-state index in [2.05, 4.69) is 6.07 Å². The summed E-state index contributed by atoms with van der Waals surface area (Å²) >= 11 is 0. The fourth-order valence-electron chi connectivity index (χ4n) is 1.23. The highest BCUT2D eigenvalue weighted by molar-refractivity contribution is 6.88. The molecule has 0 fully saturated rings. The van der Waals surface area contributed by atoms with Gasteiger partial charge in [-0.05, 0) is 23.7 Å². The molecule has 11 heavy (non-hydrogen) atoms. The summed E-state index contributed by atoms with van der Waals surface area (Å²) in [5.41, 5.74) is 1.15. The summed E-state index contributed by atoms with van der Waals surface area (Å²) in [7, 11) is 6.96. The molecule has 1 aromatic heterocycles. The second-order valence-corrected chi connectivity index (χ2v) is 2.43. The fraction of sp³-hybridized carbons (Fsp3) is 0. The van der Waals surface area contributed by atoms with Crippen LogP contribution in [0.4, 0.5) is 0 Å². The smallest absolute Gasteiger partial charge is 0.191 e. The van der Waals surface area contributed by atoms with Crippen molar-refractivity contribution in [3.63, 3.8) is 0 Å². The minimum atomic E-state index is 1.15. The number of fused-ring (bicyclic) bond motifs is 1. The number of para-hydroxylation sites is 1. The molecule has 0 aliphatic rings. The van der Waals surface area contributed by atoms with E-state index in [1.165, 1.54) is 5.39 Å². The molecule has 0 saturated carbocycles. The van der Waals surface area contributed by atoms with E-state index in [1.54, 1.807) is 7.31 Å². The van der Waals surface area contributed by atoms with Crippen LogP contribution in [0.2, 0.25) is 0 Å². The topological polar surface area (TPSA) is 4.93 Å². The molecule has 0 atom stereocenters. The molecule has 0 N–H and O–H groups in total. The van der Waals surface area contributed by atoms with Gasteiger partial charge in [-0.2, -0.15) is 0 Å². The molecule has 1 nitrogen and oxygen atoms in total. The van der Waals surface area contributed by atoms with Crippen LogP contribution in [0.1, 0.15) is 0 Å². The quantitative estimate of drug-likeness (QED) is 0.521. The molecule has 3 heteroatoms. The highest BCUT2D eigenvalue weighted by atomic mass is 14.8. The van der Waals surface area contributed by atoms with Crippen molar-refractivity contribution in [1.82, 2.24) is 4.48 Å². The second kappa shape index (κ2) is 2.50. The molecular formula is C8H6B2N. The van der Waals surface area contributed by atoms with E-state index in [0.29, 0.717) is 0 Å². The summed E-state index contributed by atoms with van der Waals surface area (Å²) in [6.07, 6.45) is 1.95. The van der Waals surface area contributed by atoms with Crippen LogP contribution < -0.4 is 0 Å². The van der Waals surface area contributed by atoms with Crippen molar-refractivity contribution in [1.29, 1.82) is 0 Å². The molecule has 0 amide bonds. The van der Waals surface area contributed by atoms with E-state index in [9.17, 15) is 0 Å². The van der Waals surface area contributed by atoms with Gasteiger partial charge in [0.2, 0.25) is 0 Å². The molecule has 3 radical (unpaired) electrons. The Morgan fingerprint density at radius 3 is 2.82 bits per heavy atom. The normalized spacial score (nSPS) is 10.2. The zero-order valence-corrected chi connectivity index (χ0v) is 6.07. The summed E-state index contributed by atoms with van der Waals surface area (Å²) < 4.78 is 1.90. The molecular weight excluding hydrogens is 132 g/mol. The van der Waals surface area contributed by atoms with Crippen molar-refractivity contribution in [2.75, 3.05) is 0 Å². The van der Waals surface area contributed by atoms with Gasteiger partial charge in [0, 0.05) is 13.3 Å². The molecule has 0 bridgehead atoms. The minimum absolute atomic E-state index is 1.15. The first-order chi connectivity index (χ1) is 5.42. The van der Waals surface area contributed by atoms with Crippen molar-refractivity contribution in [2.24, 2.45) is 0 Å². The predicted molar refractivity (Wildman–Crippen MR) is 48.8 cm³/mol. The summed E-state index contributed by atoms with van der Waals surface area (Å²) in [6, 6.07) is 10.2. The monoisotopic (exact) mass is 138 g/mol. The van der Waals surface area contributed by atoms with E-state index >= 15 is 0 Å². The number of nitrogens with zero attached hydrogens (tertiary/aromatic N) is 1. The van der Waals surface area contributed by atoms with Crippen molar-refractivity contribution in [2.45, 2.75) is 0 Å². The lowest BCUT2D eigenvalue weighted by Crippen LogP contribution is -2.02. The van der Waals surface area contributed by atoms with Gasteiger partial charge >= 0.3 is 0 Å². The maximum Gasteiger partial charge on any atom is 0.191 e. The molecule has 0 aliphatic carbocycles. The molecule has 0 spiro atoms. The van der Waals surface area contributed by atoms with Crippen LogP contribution in [-0.2, 0) is 0 Å².